The third-order valence-electron chi connectivity index (χ3n) is 2.30. The van der Waals surface area contributed by atoms with Gasteiger partial charge in [0.25, 0.3) is 17.6 Å². The first kappa shape index (κ1) is 16.4. The predicted molar refractivity (Wildman–Crippen MR) is 72.7 cm³/mol. The third kappa shape index (κ3) is 6.48. The van der Waals surface area contributed by atoms with Crippen molar-refractivity contribution in [2.75, 3.05) is 25.5 Å². The van der Waals surface area contributed by atoms with E-state index in [0.717, 1.165) is 0 Å². The van der Waals surface area contributed by atoms with Crippen LogP contribution in [-0.2, 0) is 9.59 Å². The van der Waals surface area contributed by atoms with E-state index in [9.17, 15) is 18.4 Å². The molecule has 0 aliphatic rings. The zero-order chi connectivity index (χ0) is 15.0. The average molecular weight is 304 g/mol. The molecule has 0 unspecified atom stereocenters. The number of amides is 2. The highest BCUT2D eigenvalue weighted by atomic mass is 32.2. The molecular weight excluding hydrogens is 288 g/mol. The average Bonchev–Trinajstić information content (AvgIpc) is 2.40. The molecule has 4 N–H and O–H groups in total. The number of quaternary nitrogens is 1. The number of rotatable bonds is 7. The van der Waals surface area contributed by atoms with Crippen molar-refractivity contribution in [3.8, 4) is 0 Å². The lowest BCUT2D eigenvalue weighted by atomic mass is 10.3. The van der Waals surface area contributed by atoms with E-state index in [4.69, 9.17) is 0 Å². The Bertz CT molecular complexity index is 455. The van der Waals surface area contributed by atoms with Crippen LogP contribution in [0.5, 0.6) is 0 Å². The van der Waals surface area contributed by atoms with Crippen LogP contribution in [-0.4, -0.2) is 37.7 Å². The fourth-order valence-electron chi connectivity index (χ4n) is 1.37. The molecule has 0 heterocycles. The number of nitrogens with two attached hydrogens (primary N) is 1. The number of carbonyl (C=O) groups is 2. The van der Waals surface area contributed by atoms with E-state index in [0.29, 0.717) is 22.3 Å². The Kier molecular flexibility index (Phi) is 6.96. The van der Waals surface area contributed by atoms with E-state index < -0.39 is 5.76 Å². The summed E-state index contributed by atoms with van der Waals surface area (Å²) in [5.74, 6) is -2.89. The van der Waals surface area contributed by atoms with E-state index in [2.05, 4.69) is 10.6 Å². The first-order valence-electron chi connectivity index (χ1n) is 5.88. The Morgan fingerprint density at radius 2 is 1.80 bits per heavy atom. The molecule has 0 saturated carbocycles. The van der Waals surface area contributed by atoms with E-state index in [-0.39, 0.29) is 24.9 Å². The van der Waals surface area contributed by atoms with Gasteiger partial charge in [0.05, 0.1) is 0 Å². The standard InChI is InChI=1S/C12H15F2N3O2S/c1-15-10(18)6-16-7-11(19)17-8-2-4-9(5-3-8)20-12(13)14/h2-5,12,16H,6-7H2,1H3,(H,15,18)(H,17,19)/p+1. The summed E-state index contributed by atoms with van der Waals surface area (Å²) >= 11 is 0.449. The van der Waals surface area contributed by atoms with Crippen LogP contribution >= 0.6 is 11.8 Å². The molecule has 1 aromatic rings. The van der Waals surface area contributed by atoms with Crippen molar-refractivity contribution >= 4 is 29.3 Å². The van der Waals surface area contributed by atoms with E-state index in [1.54, 1.807) is 17.4 Å². The van der Waals surface area contributed by atoms with Gasteiger partial charge in [-0.2, -0.15) is 8.78 Å². The molecule has 0 aliphatic heterocycles. The molecule has 0 bridgehead atoms. The summed E-state index contributed by atoms with van der Waals surface area (Å²) in [5.41, 5.74) is 0.530. The van der Waals surface area contributed by atoms with Gasteiger partial charge in [-0.1, -0.05) is 11.8 Å². The molecule has 0 aromatic heterocycles. The van der Waals surface area contributed by atoms with Crippen LogP contribution in [0.25, 0.3) is 0 Å². The SMILES string of the molecule is CNC(=O)C[NH2+]CC(=O)Nc1ccc(SC(F)F)cc1. The lowest BCUT2D eigenvalue weighted by molar-refractivity contribution is -0.632. The van der Waals surface area contributed by atoms with Crippen LogP contribution in [0.2, 0.25) is 0 Å². The second kappa shape index (κ2) is 8.49. The van der Waals surface area contributed by atoms with Crippen LogP contribution in [0.3, 0.4) is 0 Å². The minimum Gasteiger partial charge on any atom is -0.354 e. The van der Waals surface area contributed by atoms with Gasteiger partial charge in [0.15, 0.2) is 13.1 Å². The molecule has 5 nitrogen and oxygen atoms in total. The molecule has 1 rings (SSSR count). The maximum absolute atomic E-state index is 12.1. The Morgan fingerprint density at radius 3 is 2.35 bits per heavy atom. The molecular formula is C12H16F2N3O2S+. The number of thioether (sulfide) groups is 1. The molecule has 0 spiro atoms. The number of carbonyl (C=O) groups excluding carboxylic acids is 2. The first-order chi connectivity index (χ1) is 9.51. The Balaban J connectivity index is 2.36. The quantitative estimate of drug-likeness (QED) is 0.632. The van der Waals surface area contributed by atoms with Gasteiger partial charge in [-0.05, 0) is 24.3 Å². The topological polar surface area (TPSA) is 74.8 Å². The zero-order valence-corrected chi connectivity index (χ0v) is 11.7. The highest BCUT2D eigenvalue weighted by Crippen LogP contribution is 2.25. The smallest absolute Gasteiger partial charge is 0.288 e. The van der Waals surface area contributed by atoms with Crippen molar-refractivity contribution in [3.05, 3.63) is 24.3 Å². The summed E-state index contributed by atoms with van der Waals surface area (Å²) in [7, 11) is 1.52. The van der Waals surface area contributed by atoms with Gasteiger partial charge in [0.2, 0.25) is 0 Å². The van der Waals surface area contributed by atoms with Crippen LogP contribution in [0, 0.1) is 0 Å². The lowest BCUT2D eigenvalue weighted by Gasteiger charge is -2.06. The molecule has 0 radical (unpaired) electrons. The van der Waals surface area contributed by atoms with Crippen molar-refractivity contribution in [3.63, 3.8) is 0 Å². The second-order valence-corrected chi connectivity index (χ2v) is 4.88. The zero-order valence-electron chi connectivity index (χ0n) is 10.9. The first-order valence-corrected chi connectivity index (χ1v) is 6.76. The van der Waals surface area contributed by atoms with Crippen LogP contribution in [0.1, 0.15) is 0 Å². The predicted octanol–water partition coefficient (Wildman–Crippen LogP) is 0.249. The van der Waals surface area contributed by atoms with Crippen LogP contribution in [0.4, 0.5) is 14.5 Å². The minimum absolute atomic E-state index is 0.112. The summed E-state index contributed by atoms with van der Waals surface area (Å²) in [6.45, 7) is 0.287. The summed E-state index contributed by atoms with van der Waals surface area (Å²) < 4.78 is 24.2. The Hall–Kier alpha value is -1.67. The van der Waals surface area contributed by atoms with E-state index in [1.807, 2.05) is 0 Å². The number of anilines is 1. The number of likely N-dealkylation sites (N-methyl/N-ethyl adjacent to an activating group) is 1. The fraction of sp³-hybridized carbons (Fsp3) is 0.333. The van der Waals surface area contributed by atoms with Gasteiger partial charge in [0.1, 0.15) is 0 Å². The molecule has 1 aromatic carbocycles. The minimum atomic E-state index is -2.46. The maximum atomic E-state index is 12.1. The van der Waals surface area contributed by atoms with Gasteiger partial charge < -0.3 is 16.0 Å². The third-order valence-corrected chi connectivity index (χ3v) is 3.02. The monoisotopic (exact) mass is 304 g/mol. The number of alkyl halides is 2. The molecule has 0 fully saturated rings. The highest BCUT2D eigenvalue weighted by molar-refractivity contribution is 7.99. The number of hydrogen-bond donors (Lipinski definition) is 3. The second-order valence-electron chi connectivity index (χ2n) is 3.82. The van der Waals surface area contributed by atoms with Crippen molar-refractivity contribution in [2.45, 2.75) is 10.7 Å². The van der Waals surface area contributed by atoms with Crippen LogP contribution in [0.15, 0.2) is 29.2 Å². The summed E-state index contributed by atoms with van der Waals surface area (Å²) in [4.78, 5) is 22.9. The maximum Gasteiger partial charge on any atom is 0.288 e. The molecule has 0 saturated heterocycles. The lowest BCUT2D eigenvalue weighted by Crippen LogP contribution is -2.88. The Labute approximate surface area is 119 Å². The normalized spacial score (nSPS) is 10.4. The number of nitrogens with one attached hydrogen (secondary N) is 2. The molecule has 8 heteroatoms. The molecule has 2 amide bonds. The van der Waals surface area contributed by atoms with Gasteiger partial charge in [-0.15, -0.1) is 0 Å². The number of hydrogen-bond acceptors (Lipinski definition) is 3. The molecule has 0 aliphatic carbocycles. The summed E-state index contributed by atoms with van der Waals surface area (Å²) in [6, 6.07) is 6.14. The fourth-order valence-corrected chi connectivity index (χ4v) is 1.87. The largest absolute Gasteiger partial charge is 0.354 e. The molecule has 0 atom stereocenters. The van der Waals surface area contributed by atoms with Crippen molar-refractivity contribution in [2.24, 2.45) is 0 Å². The number of benzene rings is 1. The Morgan fingerprint density at radius 1 is 1.20 bits per heavy atom. The molecule has 20 heavy (non-hydrogen) atoms. The summed E-state index contributed by atoms with van der Waals surface area (Å²) in [6.07, 6.45) is 0. The number of halogens is 2. The molecule has 110 valence electrons. The van der Waals surface area contributed by atoms with Gasteiger partial charge >= 0.3 is 0 Å². The van der Waals surface area contributed by atoms with E-state index in [1.165, 1.54) is 19.2 Å². The van der Waals surface area contributed by atoms with Crippen molar-refractivity contribution < 1.29 is 23.7 Å². The summed E-state index contributed by atoms with van der Waals surface area (Å²) in [5, 5.41) is 6.62. The van der Waals surface area contributed by atoms with Gasteiger partial charge in [-0.3, -0.25) is 9.59 Å². The van der Waals surface area contributed by atoms with Crippen molar-refractivity contribution in [1.29, 1.82) is 0 Å². The van der Waals surface area contributed by atoms with Crippen LogP contribution < -0.4 is 16.0 Å². The van der Waals surface area contributed by atoms with Gasteiger partial charge in [0, 0.05) is 17.6 Å². The van der Waals surface area contributed by atoms with Crippen molar-refractivity contribution in [1.82, 2.24) is 5.32 Å². The van der Waals surface area contributed by atoms with E-state index >= 15 is 0 Å². The van der Waals surface area contributed by atoms with Gasteiger partial charge in [-0.25, -0.2) is 0 Å². The highest BCUT2D eigenvalue weighted by Gasteiger charge is 2.08.